The molecule has 7 nitrogen and oxygen atoms in total. The van der Waals surface area contributed by atoms with Gasteiger partial charge < -0.3 is 19.4 Å². The van der Waals surface area contributed by atoms with Crippen LogP contribution in [-0.2, 0) is 4.79 Å². The van der Waals surface area contributed by atoms with Crippen molar-refractivity contribution in [1.29, 1.82) is 0 Å². The zero-order valence-electron chi connectivity index (χ0n) is 19.2. The third-order valence-corrected chi connectivity index (χ3v) is 5.35. The lowest BCUT2D eigenvalue weighted by molar-refractivity contribution is -0.116. The molecule has 0 bridgehead atoms. The van der Waals surface area contributed by atoms with Crippen LogP contribution in [0.3, 0.4) is 0 Å². The van der Waals surface area contributed by atoms with Crippen molar-refractivity contribution in [3.8, 4) is 11.5 Å². The Hall–Kier alpha value is -2.80. The summed E-state index contributed by atoms with van der Waals surface area (Å²) < 4.78 is 13.4. The van der Waals surface area contributed by atoms with E-state index in [0.717, 1.165) is 17.0 Å². The Bertz CT molecular complexity index is 947. The molecule has 2 aromatic rings. The van der Waals surface area contributed by atoms with Crippen molar-refractivity contribution in [1.82, 2.24) is 9.47 Å². The number of aryl methyl sites for hydroxylation is 1. The average Bonchev–Trinajstić information content (AvgIpc) is 3.48. The average molecular weight is 428 g/mol. The van der Waals surface area contributed by atoms with Crippen LogP contribution in [-0.4, -0.2) is 54.5 Å². The van der Waals surface area contributed by atoms with Gasteiger partial charge in [-0.3, -0.25) is 14.5 Å². The van der Waals surface area contributed by atoms with Gasteiger partial charge in [-0.15, -0.1) is 0 Å². The molecule has 1 amide bonds. The fourth-order valence-corrected chi connectivity index (χ4v) is 3.91. The van der Waals surface area contributed by atoms with Crippen molar-refractivity contribution in [2.75, 3.05) is 38.7 Å². The summed E-state index contributed by atoms with van der Waals surface area (Å²) in [5.74, 6) is 1.09. The van der Waals surface area contributed by atoms with Gasteiger partial charge in [0, 0.05) is 34.7 Å². The summed E-state index contributed by atoms with van der Waals surface area (Å²) >= 11 is 0. The van der Waals surface area contributed by atoms with E-state index in [1.807, 2.05) is 33.8 Å². The van der Waals surface area contributed by atoms with Crippen LogP contribution in [0.25, 0.3) is 0 Å². The number of hydrogen-bond donors (Lipinski definition) is 1. The number of benzene rings is 1. The van der Waals surface area contributed by atoms with E-state index in [2.05, 4.69) is 9.88 Å². The van der Waals surface area contributed by atoms with Crippen LogP contribution < -0.4 is 14.8 Å². The predicted octanol–water partition coefficient (Wildman–Crippen LogP) is 3.99. The minimum absolute atomic E-state index is 0.0370. The number of carbonyl (C=O) groups excluding carboxylic acids is 2. The monoisotopic (exact) mass is 427 g/mol. The van der Waals surface area contributed by atoms with E-state index in [1.54, 1.807) is 30.1 Å². The first-order valence-corrected chi connectivity index (χ1v) is 10.9. The molecule has 1 aliphatic carbocycles. The van der Waals surface area contributed by atoms with E-state index in [0.29, 0.717) is 36.4 Å². The second-order valence-corrected chi connectivity index (χ2v) is 8.06. The summed E-state index contributed by atoms with van der Waals surface area (Å²) in [4.78, 5) is 27.1. The maximum absolute atomic E-state index is 12.8. The lowest BCUT2D eigenvalue weighted by Gasteiger charge is -2.17. The highest BCUT2D eigenvalue weighted by atomic mass is 16.5. The quantitative estimate of drug-likeness (QED) is 0.549. The topological polar surface area (TPSA) is 72.8 Å². The molecule has 1 heterocycles. The number of Topliss-reactive ketones (excluding diaryl/α,β-unsaturated/α-hetero) is 1. The van der Waals surface area contributed by atoms with Crippen molar-refractivity contribution in [3.63, 3.8) is 0 Å². The number of hydrogen-bond acceptors (Lipinski definition) is 5. The highest BCUT2D eigenvalue weighted by Crippen LogP contribution is 2.38. The van der Waals surface area contributed by atoms with E-state index < -0.39 is 0 Å². The van der Waals surface area contributed by atoms with Gasteiger partial charge in [-0.2, -0.15) is 0 Å². The van der Waals surface area contributed by atoms with Crippen molar-refractivity contribution in [3.05, 3.63) is 41.2 Å². The predicted molar refractivity (Wildman–Crippen MR) is 121 cm³/mol. The number of nitrogens with zero attached hydrogens (tertiary/aromatic N) is 2. The molecule has 0 atom stereocenters. The smallest absolute Gasteiger partial charge is 0.238 e. The minimum atomic E-state index is -0.189. The van der Waals surface area contributed by atoms with Crippen molar-refractivity contribution in [2.45, 2.75) is 46.6 Å². The molecule has 168 valence electrons. The van der Waals surface area contributed by atoms with Crippen LogP contribution in [0.1, 0.15) is 54.5 Å². The van der Waals surface area contributed by atoms with E-state index in [-0.39, 0.29) is 24.8 Å². The molecule has 1 aromatic heterocycles. The molecule has 3 rings (SSSR count). The maximum atomic E-state index is 12.8. The zero-order valence-corrected chi connectivity index (χ0v) is 19.2. The van der Waals surface area contributed by atoms with E-state index in [9.17, 15) is 9.59 Å². The van der Waals surface area contributed by atoms with Crippen LogP contribution in [0.5, 0.6) is 11.5 Å². The maximum Gasteiger partial charge on any atom is 0.238 e. The summed E-state index contributed by atoms with van der Waals surface area (Å²) in [6.07, 6.45) is 2.36. The minimum Gasteiger partial charge on any atom is -0.490 e. The summed E-state index contributed by atoms with van der Waals surface area (Å²) in [7, 11) is 1.78. The summed E-state index contributed by atoms with van der Waals surface area (Å²) in [5, 5.41) is 2.87. The van der Waals surface area contributed by atoms with Crippen molar-refractivity contribution < 1.29 is 19.1 Å². The standard InChI is InChI=1S/C24H33N3O4/c1-6-30-22-11-8-18(13-23(22)31-7-2)25-24(29)15-26(5)14-21(28)20-12-16(3)27(17(20)4)19-9-10-19/h8,11-13,19H,6-7,9-10,14-15H2,1-5H3,(H,25,29). The SMILES string of the molecule is CCOc1ccc(NC(=O)CN(C)CC(=O)c2cc(C)n(C3CC3)c2C)cc1OCC. The molecular formula is C24H33N3O4. The number of likely N-dealkylation sites (N-methyl/N-ethyl adjacent to an activating group) is 1. The molecule has 31 heavy (non-hydrogen) atoms. The van der Waals surface area contributed by atoms with E-state index in [1.165, 1.54) is 12.8 Å². The molecule has 1 fully saturated rings. The first kappa shape index (κ1) is 22.9. The summed E-state index contributed by atoms with van der Waals surface area (Å²) in [6.45, 7) is 9.21. The summed E-state index contributed by atoms with van der Waals surface area (Å²) in [5.41, 5.74) is 3.54. The third kappa shape index (κ3) is 5.67. The number of rotatable bonds is 11. The molecule has 0 radical (unpaired) electrons. The molecule has 1 aliphatic rings. The molecule has 0 unspecified atom stereocenters. The molecule has 1 aromatic carbocycles. The van der Waals surface area contributed by atoms with Crippen LogP contribution in [0.15, 0.2) is 24.3 Å². The van der Waals surface area contributed by atoms with Gasteiger partial charge in [-0.25, -0.2) is 0 Å². The Kier molecular flexibility index (Phi) is 7.38. The van der Waals surface area contributed by atoms with Crippen molar-refractivity contribution in [2.24, 2.45) is 0 Å². The molecule has 0 spiro atoms. The number of ketones is 1. The van der Waals surface area contributed by atoms with Gasteiger partial charge >= 0.3 is 0 Å². The number of anilines is 1. The van der Waals surface area contributed by atoms with Gasteiger partial charge in [0.05, 0.1) is 26.3 Å². The number of aromatic nitrogens is 1. The van der Waals surface area contributed by atoms with Gasteiger partial charge in [0.15, 0.2) is 17.3 Å². The molecule has 0 aliphatic heterocycles. The first-order valence-electron chi connectivity index (χ1n) is 10.9. The number of amides is 1. The number of carbonyl (C=O) groups is 2. The van der Waals surface area contributed by atoms with Gasteiger partial charge in [-0.05, 0) is 65.8 Å². The fraction of sp³-hybridized carbons (Fsp3) is 0.500. The lowest BCUT2D eigenvalue weighted by atomic mass is 10.1. The van der Waals surface area contributed by atoms with Crippen LogP contribution in [0, 0.1) is 13.8 Å². The Morgan fingerprint density at radius 1 is 1.06 bits per heavy atom. The van der Waals surface area contributed by atoms with Crippen LogP contribution >= 0.6 is 0 Å². The third-order valence-electron chi connectivity index (χ3n) is 5.35. The normalized spacial score (nSPS) is 13.4. The largest absolute Gasteiger partial charge is 0.490 e. The lowest BCUT2D eigenvalue weighted by Crippen LogP contribution is -2.34. The highest BCUT2D eigenvalue weighted by molar-refractivity contribution is 5.99. The van der Waals surface area contributed by atoms with Crippen molar-refractivity contribution >= 4 is 17.4 Å². The second-order valence-electron chi connectivity index (χ2n) is 8.06. The molecule has 7 heteroatoms. The van der Waals surface area contributed by atoms with Gasteiger partial charge in [0.25, 0.3) is 0 Å². The Balaban J connectivity index is 1.58. The first-order chi connectivity index (χ1) is 14.8. The Labute approximate surface area is 184 Å². The van der Waals surface area contributed by atoms with Crippen LogP contribution in [0.2, 0.25) is 0 Å². The van der Waals surface area contributed by atoms with Crippen LogP contribution in [0.4, 0.5) is 5.69 Å². The molecule has 1 saturated carbocycles. The molecular weight excluding hydrogens is 394 g/mol. The van der Waals surface area contributed by atoms with E-state index >= 15 is 0 Å². The number of nitrogens with one attached hydrogen (secondary N) is 1. The second kappa shape index (κ2) is 10.0. The fourth-order valence-electron chi connectivity index (χ4n) is 3.91. The zero-order chi connectivity index (χ0) is 22.5. The molecule has 0 saturated heterocycles. The molecule has 1 N–H and O–H groups in total. The Morgan fingerprint density at radius 2 is 1.74 bits per heavy atom. The van der Waals surface area contributed by atoms with E-state index in [4.69, 9.17) is 9.47 Å². The van der Waals surface area contributed by atoms with Gasteiger partial charge in [0.1, 0.15) is 0 Å². The summed E-state index contributed by atoms with van der Waals surface area (Å²) in [6, 6.07) is 7.83. The Morgan fingerprint density at radius 3 is 2.39 bits per heavy atom. The van der Waals surface area contributed by atoms with Gasteiger partial charge in [0.2, 0.25) is 5.91 Å². The highest BCUT2D eigenvalue weighted by Gasteiger charge is 2.28. The number of ether oxygens (including phenoxy) is 2. The van der Waals surface area contributed by atoms with Gasteiger partial charge in [-0.1, -0.05) is 0 Å².